The second kappa shape index (κ2) is 30.5. The third kappa shape index (κ3) is 22.7. The van der Waals surface area contributed by atoms with Crippen LogP contribution in [-0.2, 0) is 18.4 Å². The van der Waals surface area contributed by atoms with Gasteiger partial charge in [-0.15, -0.1) is 0 Å². The second-order valence-corrected chi connectivity index (χ2v) is 16.6. The summed E-state index contributed by atoms with van der Waals surface area (Å²) in [5, 5.41) is 63.9. The maximum Gasteiger partial charge on any atom is 0.472 e. The van der Waals surface area contributed by atoms with E-state index in [1.165, 1.54) is 109 Å². The molecule has 1 aliphatic rings. The number of nitrogens with one attached hydrogen (secondary N) is 1. The van der Waals surface area contributed by atoms with Gasteiger partial charge >= 0.3 is 7.82 Å². The van der Waals surface area contributed by atoms with E-state index in [1.54, 1.807) is 0 Å². The Morgan fingerprint density at radius 1 is 0.577 bits per heavy atom. The summed E-state index contributed by atoms with van der Waals surface area (Å²) >= 11 is 0. The number of phosphoric acid groups is 1. The third-order valence-corrected chi connectivity index (χ3v) is 11.4. The molecule has 0 bridgehead atoms. The first-order chi connectivity index (χ1) is 24.9. The van der Waals surface area contributed by atoms with Gasteiger partial charge in [-0.05, 0) is 12.8 Å². The molecule has 0 radical (unpaired) electrons. The molecule has 0 aromatic heterocycles. The lowest BCUT2D eigenvalue weighted by atomic mass is 9.85. The minimum Gasteiger partial charge on any atom is -0.391 e. The number of unbranched alkanes of at least 4 members (excludes halogenated alkanes) is 23. The zero-order valence-electron chi connectivity index (χ0n) is 32.6. The average molecular weight is 768 g/mol. The molecule has 0 aromatic rings. The van der Waals surface area contributed by atoms with Crippen LogP contribution in [-0.4, -0.2) is 96.8 Å². The molecule has 9 atom stereocenters. The van der Waals surface area contributed by atoms with Crippen molar-refractivity contribution >= 4 is 13.7 Å². The number of carbonyl (C=O) groups is 1. The van der Waals surface area contributed by atoms with Crippen molar-refractivity contribution in [3.8, 4) is 0 Å². The highest BCUT2D eigenvalue weighted by atomic mass is 31.2. The van der Waals surface area contributed by atoms with E-state index in [2.05, 4.69) is 19.2 Å². The zero-order valence-corrected chi connectivity index (χ0v) is 33.5. The van der Waals surface area contributed by atoms with Crippen LogP contribution in [0.1, 0.15) is 187 Å². The molecule has 310 valence electrons. The topological polar surface area (TPSA) is 206 Å². The summed E-state index contributed by atoms with van der Waals surface area (Å²) in [6.45, 7) is 3.86. The van der Waals surface area contributed by atoms with Crippen molar-refractivity contribution in [3.05, 3.63) is 0 Å². The summed E-state index contributed by atoms with van der Waals surface area (Å²) in [5.74, 6) is -0.308. The Bertz CT molecular complexity index is 900. The molecule has 1 aliphatic carbocycles. The van der Waals surface area contributed by atoms with Crippen LogP contribution in [0.2, 0.25) is 0 Å². The molecule has 0 aromatic carbocycles. The van der Waals surface area contributed by atoms with Gasteiger partial charge in [0.2, 0.25) is 5.91 Å². The smallest absolute Gasteiger partial charge is 0.391 e. The highest BCUT2D eigenvalue weighted by Crippen LogP contribution is 2.47. The van der Waals surface area contributed by atoms with E-state index in [9.17, 15) is 44.9 Å². The molecule has 0 saturated heterocycles. The molecule has 0 spiro atoms. The molecular weight excluding hydrogens is 689 g/mol. The first-order valence-electron chi connectivity index (χ1n) is 21.0. The van der Waals surface area contributed by atoms with Gasteiger partial charge < -0.3 is 40.8 Å². The predicted molar refractivity (Wildman–Crippen MR) is 205 cm³/mol. The largest absolute Gasteiger partial charge is 0.472 e. The summed E-state index contributed by atoms with van der Waals surface area (Å²) < 4.78 is 22.9. The number of amides is 1. The van der Waals surface area contributed by atoms with Crippen LogP contribution in [0.3, 0.4) is 0 Å². The van der Waals surface area contributed by atoms with E-state index in [0.29, 0.717) is 19.3 Å². The SMILES string of the molecule is CCCCCCCCCCCCCCC[C@@H](O)[C@H](COP(=O)(O)OC1C(O)C(O)C(O)[C@@H](O)C1O)NC(=O)CCCCCCCCCCCCCC. The van der Waals surface area contributed by atoms with E-state index in [1.807, 2.05) is 0 Å². The van der Waals surface area contributed by atoms with Crippen LogP contribution >= 0.6 is 7.82 Å². The molecule has 12 nitrogen and oxygen atoms in total. The summed E-state index contributed by atoms with van der Waals surface area (Å²) in [6, 6.07) is -1.02. The number of hydrogen-bond acceptors (Lipinski definition) is 10. The third-order valence-electron chi connectivity index (χ3n) is 10.4. The van der Waals surface area contributed by atoms with Crippen molar-refractivity contribution in [2.24, 2.45) is 0 Å². The maximum atomic E-state index is 12.9. The number of rotatable bonds is 34. The molecule has 1 amide bonds. The summed E-state index contributed by atoms with van der Waals surface area (Å²) in [7, 11) is -5.04. The van der Waals surface area contributed by atoms with Crippen LogP contribution in [0.5, 0.6) is 0 Å². The molecule has 1 fully saturated rings. The van der Waals surface area contributed by atoms with Gasteiger partial charge in [0.05, 0.1) is 18.8 Å². The van der Waals surface area contributed by atoms with E-state index in [0.717, 1.165) is 38.5 Å². The summed E-state index contributed by atoms with van der Waals surface area (Å²) in [4.78, 5) is 23.3. The lowest BCUT2D eigenvalue weighted by molar-refractivity contribution is -0.220. The lowest BCUT2D eigenvalue weighted by Gasteiger charge is -2.41. The zero-order chi connectivity index (χ0) is 38.6. The van der Waals surface area contributed by atoms with E-state index >= 15 is 0 Å². The standard InChI is InChI=1S/C39H78NO11P/c1-3-5-7-9-11-13-15-17-18-20-22-24-26-28-32(41)31(40-33(42)29-27-25-23-21-19-16-14-12-10-8-6-4-2)30-50-52(48,49)51-39-37(46)35(44)34(43)36(45)38(39)47/h31-32,34-39,41,43-47H,3-30H2,1-2H3,(H,40,42)(H,48,49)/t31-,32+,34?,35+,36?,37?,38?,39?/m0/s1. The second-order valence-electron chi connectivity index (χ2n) is 15.2. The Morgan fingerprint density at radius 3 is 1.33 bits per heavy atom. The van der Waals surface area contributed by atoms with Crippen LogP contribution in [0.4, 0.5) is 0 Å². The minimum atomic E-state index is -5.04. The van der Waals surface area contributed by atoms with Gasteiger partial charge in [0.25, 0.3) is 0 Å². The first kappa shape index (κ1) is 49.4. The number of carbonyl (C=O) groups excluding carboxylic acids is 1. The van der Waals surface area contributed by atoms with Crippen LogP contribution in [0.25, 0.3) is 0 Å². The molecule has 13 heteroatoms. The van der Waals surface area contributed by atoms with Crippen molar-refractivity contribution in [3.63, 3.8) is 0 Å². The molecule has 1 saturated carbocycles. The van der Waals surface area contributed by atoms with Crippen LogP contribution < -0.4 is 5.32 Å². The number of phosphoric ester groups is 1. The van der Waals surface area contributed by atoms with Gasteiger partial charge in [-0.25, -0.2) is 4.57 Å². The highest BCUT2D eigenvalue weighted by Gasteiger charge is 2.51. The fraction of sp³-hybridized carbons (Fsp3) is 0.974. The lowest BCUT2D eigenvalue weighted by Crippen LogP contribution is -2.64. The predicted octanol–water partition coefficient (Wildman–Crippen LogP) is 6.72. The van der Waals surface area contributed by atoms with E-state index in [4.69, 9.17) is 9.05 Å². The number of aliphatic hydroxyl groups excluding tert-OH is 6. The first-order valence-corrected chi connectivity index (χ1v) is 22.5. The van der Waals surface area contributed by atoms with Crippen molar-refractivity contribution < 1.29 is 53.9 Å². The molecule has 8 N–H and O–H groups in total. The average Bonchev–Trinajstić information content (AvgIpc) is 3.12. The Labute approximate surface area is 315 Å². The quantitative estimate of drug-likeness (QED) is 0.0255. The molecule has 0 aliphatic heterocycles. The molecule has 1 rings (SSSR count). The fourth-order valence-corrected chi connectivity index (χ4v) is 7.87. The monoisotopic (exact) mass is 768 g/mol. The summed E-state index contributed by atoms with van der Waals surface area (Å²) in [6.07, 6.45) is 17.1. The van der Waals surface area contributed by atoms with Crippen molar-refractivity contribution in [2.45, 2.75) is 236 Å². The number of hydrogen-bond donors (Lipinski definition) is 8. The van der Waals surface area contributed by atoms with Crippen LogP contribution in [0.15, 0.2) is 0 Å². The van der Waals surface area contributed by atoms with Gasteiger partial charge in [0.15, 0.2) is 0 Å². The number of aliphatic hydroxyl groups is 6. The van der Waals surface area contributed by atoms with Gasteiger partial charge in [-0.2, -0.15) is 0 Å². The fourth-order valence-electron chi connectivity index (χ4n) is 6.91. The van der Waals surface area contributed by atoms with E-state index < -0.39 is 63.2 Å². The Morgan fingerprint density at radius 2 is 0.923 bits per heavy atom. The van der Waals surface area contributed by atoms with E-state index in [-0.39, 0.29) is 12.3 Å². The van der Waals surface area contributed by atoms with Crippen molar-refractivity contribution in [1.82, 2.24) is 5.32 Å². The maximum absolute atomic E-state index is 12.9. The Kier molecular flexibility index (Phi) is 29.0. The molecule has 52 heavy (non-hydrogen) atoms. The Balaban J connectivity index is 2.53. The molecule has 6 unspecified atom stereocenters. The highest BCUT2D eigenvalue weighted by molar-refractivity contribution is 7.47. The van der Waals surface area contributed by atoms with Gasteiger partial charge in [-0.1, -0.05) is 168 Å². The molecular formula is C39H78NO11P. The van der Waals surface area contributed by atoms with Crippen molar-refractivity contribution in [1.29, 1.82) is 0 Å². The molecule has 0 heterocycles. The minimum absolute atomic E-state index is 0.241. The summed E-state index contributed by atoms with van der Waals surface area (Å²) in [5.41, 5.74) is 0. The van der Waals surface area contributed by atoms with Gasteiger partial charge in [0, 0.05) is 6.42 Å². The van der Waals surface area contributed by atoms with Gasteiger partial charge in [-0.3, -0.25) is 13.8 Å². The van der Waals surface area contributed by atoms with Crippen LogP contribution in [0, 0.1) is 0 Å². The Hall–Kier alpha value is -0.660. The van der Waals surface area contributed by atoms with Gasteiger partial charge in [0.1, 0.15) is 36.6 Å². The normalized spacial score (nSPS) is 24.4. The van der Waals surface area contributed by atoms with Crippen molar-refractivity contribution in [2.75, 3.05) is 6.61 Å².